The van der Waals surface area contributed by atoms with Crippen LogP contribution in [0.1, 0.15) is 18.1 Å². The largest absolute Gasteiger partial charge is 0.490 e. The second-order valence-corrected chi connectivity index (χ2v) is 9.83. The number of halogens is 3. The smallest absolute Gasteiger partial charge is 0.293 e. The van der Waals surface area contributed by atoms with Crippen molar-refractivity contribution in [1.82, 2.24) is 4.90 Å². The molecule has 0 aromatic heterocycles. The molecule has 0 unspecified atom stereocenters. The standard InChI is InChI=1S/C27H21Cl2FN2O5S/c1-2-36-23-10-16(6-9-22(23)37-15-25(33)31-20-5-3-4-18(28)12-20)11-24-26(34)32(27(35)38-24)14-17-7-8-19(30)13-21(17)29/h3-13H,2,14-15H2,1H3,(H,31,33)/b24-11-. The van der Waals surface area contributed by atoms with Crippen molar-refractivity contribution in [2.75, 3.05) is 18.5 Å². The number of benzene rings is 3. The van der Waals surface area contributed by atoms with Gasteiger partial charge in [-0.25, -0.2) is 4.39 Å². The summed E-state index contributed by atoms with van der Waals surface area (Å²) in [5.74, 6) is -0.671. The molecule has 1 aliphatic heterocycles. The van der Waals surface area contributed by atoms with E-state index in [1.54, 1.807) is 55.5 Å². The first-order valence-electron chi connectivity index (χ1n) is 11.4. The van der Waals surface area contributed by atoms with Gasteiger partial charge in [0.1, 0.15) is 5.82 Å². The highest BCUT2D eigenvalue weighted by Crippen LogP contribution is 2.36. The Kier molecular flexibility index (Phi) is 8.93. The average Bonchev–Trinajstić information content (AvgIpc) is 3.12. The Morgan fingerprint density at radius 1 is 1.05 bits per heavy atom. The highest BCUT2D eigenvalue weighted by atomic mass is 35.5. The molecular formula is C27H21Cl2FN2O5S. The first-order valence-corrected chi connectivity index (χ1v) is 12.9. The number of nitrogens with zero attached hydrogens (tertiary/aromatic N) is 1. The predicted molar refractivity (Wildman–Crippen MR) is 146 cm³/mol. The van der Waals surface area contributed by atoms with Crippen molar-refractivity contribution in [3.05, 3.63) is 92.6 Å². The third kappa shape index (κ3) is 6.86. The number of amides is 3. The summed E-state index contributed by atoms with van der Waals surface area (Å²) in [7, 11) is 0. The second kappa shape index (κ2) is 12.3. The maximum atomic E-state index is 13.3. The van der Waals surface area contributed by atoms with Crippen LogP contribution < -0.4 is 14.8 Å². The van der Waals surface area contributed by atoms with Gasteiger partial charge in [0.2, 0.25) is 0 Å². The van der Waals surface area contributed by atoms with Gasteiger partial charge in [-0.1, -0.05) is 41.4 Å². The molecule has 0 atom stereocenters. The van der Waals surface area contributed by atoms with Crippen LogP contribution in [0.5, 0.6) is 11.5 Å². The summed E-state index contributed by atoms with van der Waals surface area (Å²) in [6, 6.07) is 15.5. The highest BCUT2D eigenvalue weighted by Gasteiger charge is 2.35. The molecule has 3 aromatic carbocycles. The molecule has 0 radical (unpaired) electrons. The van der Waals surface area contributed by atoms with Gasteiger partial charge in [-0.15, -0.1) is 0 Å². The van der Waals surface area contributed by atoms with E-state index in [0.29, 0.717) is 39.9 Å². The van der Waals surface area contributed by atoms with Crippen LogP contribution in [0.25, 0.3) is 6.08 Å². The maximum absolute atomic E-state index is 13.3. The van der Waals surface area contributed by atoms with Crippen molar-refractivity contribution in [2.24, 2.45) is 0 Å². The molecule has 1 aliphatic rings. The molecule has 11 heteroatoms. The number of carbonyl (C=O) groups excluding carboxylic acids is 3. The van der Waals surface area contributed by atoms with Gasteiger partial charge in [-0.05, 0) is 78.4 Å². The van der Waals surface area contributed by atoms with E-state index in [1.807, 2.05) is 0 Å². The van der Waals surface area contributed by atoms with Crippen molar-refractivity contribution >= 4 is 63.8 Å². The third-order valence-corrected chi connectivity index (χ3v) is 6.74. The summed E-state index contributed by atoms with van der Waals surface area (Å²) < 4.78 is 24.7. The zero-order chi connectivity index (χ0) is 27.2. The fourth-order valence-corrected chi connectivity index (χ4v) is 4.77. The minimum absolute atomic E-state index is 0.0741. The van der Waals surface area contributed by atoms with Gasteiger partial charge in [-0.2, -0.15) is 0 Å². The number of thioether (sulfide) groups is 1. The summed E-state index contributed by atoms with van der Waals surface area (Å²) >= 11 is 12.8. The van der Waals surface area contributed by atoms with Crippen molar-refractivity contribution in [2.45, 2.75) is 13.5 Å². The van der Waals surface area contributed by atoms with Crippen LogP contribution in [0.15, 0.2) is 65.6 Å². The van der Waals surface area contributed by atoms with E-state index in [-0.39, 0.29) is 29.0 Å². The van der Waals surface area contributed by atoms with Crippen molar-refractivity contribution < 1.29 is 28.2 Å². The lowest BCUT2D eigenvalue weighted by molar-refractivity contribution is -0.123. The third-order valence-electron chi connectivity index (χ3n) is 5.25. The van der Waals surface area contributed by atoms with Gasteiger partial charge in [0.25, 0.3) is 17.1 Å². The fourth-order valence-electron chi connectivity index (χ4n) is 3.52. The molecule has 196 valence electrons. The van der Waals surface area contributed by atoms with Crippen LogP contribution in [0.4, 0.5) is 14.9 Å². The Morgan fingerprint density at radius 2 is 1.87 bits per heavy atom. The minimum atomic E-state index is -0.507. The average molecular weight is 575 g/mol. The fraction of sp³-hybridized carbons (Fsp3) is 0.148. The number of rotatable bonds is 9. The second-order valence-electron chi connectivity index (χ2n) is 7.99. The van der Waals surface area contributed by atoms with E-state index >= 15 is 0 Å². The lowest BCUT2D eigenvalue weighted by Crippen LogP contribution is -2.27. The first-order chi connectivity index (χ1) is 18.2. The molecule has 3 amide bonds. The molecule has 1 N–H and O–H groups in total. The van der Waals surface area contributed by atoms with Crippen molar-refractivity contribution in [1.29, 1.82) is 0 Å². The van der Waals surface area contributed by atoms with E-state index in [0.717, 1.165) is 22.7 Å². The molecule has 7 nitrogen and oxygen atoms in total. The molecular weight excluding hydrogens is 554 g/mol. The van der Waals surface area contributed by atoms with Gasteiger partial charge < -0.3 is 14.8 Å². The van der Waals surface area contributed by atoms with Crippen LogP contribution in [0, 0.1) is 5.82 Å². The topological polar surface area (TPSA) is 84.9 Å². The maximum Gasteiger partial charge on any atom is 0.293 e. The highest BCUT2D eigenvalue weighted by molar-refractivity contribution is 8.18. The van der Waals surface area contributed by atoms with Gasteiger partial charge >= 0.3 is 0 Å². The molecule has 4 rings (SSSR count). The number of anilines is 1. The van der Waals surface area contributed by atoms with Gasteiger partial charge in [0.15, 0.2) is 18.1 Å². The van der Waals surface area contributed by atoms with E-state index < -0.39 is 17.0 Å². The first kappa shape index (κ1) is 27.5. The molecule has 0 bridgehead atoms. The Balaban J connectivity index is 1.45. The number of carbonyl (C=O) groups is 3. The molecule has 0 saturated carbocycles. The van der Waals surface area contributed by atoms with E-state index in [2.05, 4.69) is 5.32 Å². The summed E-state index contributed by atoms with van der Waals surface area (Å²) in [4.78, 5) is 39.0. The monoisotopic (exact) mass is 574 g/mol. The predicted octanol–water partition coefficient (Wildman–Crippen LogP) is 6.79. The molecule has 0 aliphatic carbocycles. The van der Waals surface area contributed by atoms with Gasteiger partial charge in [0.05, 0.1) is 18.1 Å². The quantitative estimate of drug-likeness (QED) is 0.283. The normalized spacial score (nSPS) is 14.2. The number of hydrogen-bond acceptors (Lipinski definition) is 6. The SMILES string of the molecule is CCOc1cc(/C=C2\SC(=O)N(Cc3ccc(F)cc3Cl)C2=O)ccc1OCC(=O)Nc1cccc(Cl)c1. The number of ether oxygens (including phenoxy) is 2. The summed E-state index contributed by atoms with van der Waals surface area (Å²) in [5.41, 5.74) is 1.59. The van der Waals surface area contributed by atoms with E-state index in [1.165, 1.54) is 12.1 Å². The van der Waals surface area contributed by atoms with Crippen LogP contribution in [-0.2, 0) is 16.1 Å². The number of hydrogen-bond donors (Lipinski definition) is 1. The minimum Gasteiger partial charge on any atom is -0.490 e. The van der Waals surface area contributed by atoms with Crippen molar-refractivity contribution in [3.63, 3.8) is 0 Å². The summed E-state index contributed by atoms with van der Waals surface area (Å²) in [6.45, 7) is 1.80. The Hall–Kier alpha value is -3.53. The van der Waals surface area contributed by atoms with Crippen LogP contribution in [0.2, 0.25) is 10.0 Å². The van der Waals surface area contributed by atoms with Crippen LogP contribution in [-0.4, -0.2) is 35.2 Å². The zero-order valence-electron chi connectivity index (χ0n) is 20.0. The molecule has 3 aromatic rings. The van der Waals surface area contributed by atoms with E-state index in [9.17, 15) is 18.8 Å². The zero-order valence-corrected chi connectivity index (χ0v) is 22.3. The van der Waals surface area contributed by atoms with Crippen LogP contribution >= 0.6 is 35.0 Å². The Bertz CT molecular complexity index is 1430. The lowest BCUT2D eigenvalue weighted by Gasteiger charge is -2.14. The molecule has 1 fully saturated rings. The van der Waals surface area contributed by atoms with E-state index in [4.69, 9.17) is 32.7 Å². The van der Waals surface area contributed by atoms with Crippen molar-refractivity contribution in [3.8, 4) is 11.5 Å². The summed E-state index contributed by atoms with van der Waals surface area (Å²) in [5, 5.41) is 2.86. The molecule has 1 saturated heterocycles. The number of imide groups is 1. The molecule has 0 spiro atoms. The van der Waals surface area contributed by atoms with Crippen LogP contribution in [0.3, 0.4) is 0 Å². The molecule has 38 heavy (non-hydrogen) atoms. The Morgan fingerprint density at radius 3 is 2.61 bits per heavy atom. The lowest BCUT2D eigenvalue weighted by atomic mass is 10.1. The van der Waals surface area contributed by atoms with Gasteiger partial charge in [-0.3, -0.25) is 19.3 Å². The Labute approximate surface area is 232 Å². The number of nitrogens with one attached hydrogen (secondary N) is 1. The summed E-state index contributed by atoms with van der Waals surface area (Å²) in [6.07, 6.45) is 1.56. The molecule has 1 heterocycles. The van der Waals surface area contributed by atoms with Gasteiger partial charge in [0, 0.05) is 15.7 Å².